The molecule has 0 saturated carbocycles. The minimum absolute atomic E-state index is 0.270. The van der Waals surface area contributed by atoms with Crippen LogP contribution < -0.4 is 5.32 Å². The molecule has 7 heteroatoms. The van der Waals surface area contributed by atoms with Gasteiger partial charge in [0.1, 0.15) is 11.5 Å². The summed E-state index contributed by atoms with van der Waals surface area (Å²) in [4.78, 5) is 28.7. The van der Waals surface area contributed by atoms with E-state index in [1.54, 1.807) is 12.1 Å². The molecule has 2 heterocycles. The Balaban J connectivity index is 1.41. The minimum Gasteiger partial charge on any atom is -0.325 e. The van der Waals surface area contributed by atoms with Crippen molar-refractivity contribution in [3.8, 4) is 0 Å². The molecule has 1 atom stereocenters. The number of aliphatic imine (C=N–C) groups is 1. The topological polar surface area (TPSA) is 87.2 Å². The van der Waals surface area contributed by atoms with Gasteiger partial charge in [-0.3, -0.25) is 14.7 Å². The van der Waals surface area contributed by atoms with Crippen LogP contribution >= 0.6 is 0 Å². The van der Waals surface area contributed by atoms with Crippen LogP contribution in [0.4, 0.5) is 10.1 Å². The van der Waals surface area contributed by atoms with Crippen LogP contribution in [0, 0.1) is 11.7 Å². The number of aryl methyl sites for hydroxylation is 1. The number of anilines is 1. The number of fused-ring (bicyclic) bond motifs is 1. The van der Waals surface area contributed by atoms with Gasteiger partial charge in [-0.1, -0.05) is 36.4 Å². The third kappa shape index (κ3) is 4.45. The number of rotatable bonds is 4. The monoisotopic (exact) mass is 390 g/mol. The third-order valence-corrected chi connectivity index (χ3v) is 4.85. The Morgan fingerprint density at radius 2 is 2.03 bits per heavy atom. The fourth-order valence-corrected chi connectivity index (χ4v) is 3.29. The maximum Gasteiger partial charge on any atom is 0.294 e. The number of hydrogen-bond acceptors (Lipinski definition) is 3. The van der Waals surface area contributed by atoms with Gasteiger partial charge in [-0.2, -0.15) is 5.10 Å². The predicted octanol–water partition coefficient (Wildman–Crippen LogP) is 3.55. The van der Waals surface area contributed by atoms with E-state index in [2.05, 4.69) is 20.5 Å². The van der Waals surface area contributed by atoms with Crippen molar-refractivity contribution in [2.24, 2.45) is 10.9 Å². The van der Waals surface area contributed by atoms with Crippen molar-refractivity contribution in [1.29, 1.82) is 0 Å². The van der Waals surface area contributed by atoms with Crippen molar-refractivity contribution in [2.45, 2.75) is 19.3 Å². The van der Waals surface area contributed by atoms with Gasteiger partial charge in [0.15, 0.2) is 0 Å². The number of nitrogens with one attached hydrogen (secondary N) is 2. The van der Waals surface area contributed by atoms with Gasteiger partial charge in [0, 0.05) is 18.3 Å². The van der Waals surface area contributed by atoms with Crippen molar-refractivity contribution in [3.63, 3.8) is 0 Å². The maximum atomic E-state index is 13.4. The Morgan fingerprint density at radius 1 is 1.21 bits per heavy atom. The lowest BCUT2D eigenvalue weighted by Crippen LogP contribution is -2.22. The molecule has 1 aliphatic heterocycles. The molecule has 0 spiro atoms. The smallest absolute Gasteiger partial charge is 0.294 e. The van der Waals surface area contributed by atoms with Gasteiger partial charge >= 0.3 is 0 Å². The summed E-state index contributed by atoms with van der Waals surface area (Å²) in [6, 6.07) is 15.8. The summed E-state index contributed by atoms with van der Waals surface area (Å²) >= 11 is 0. The molecule has 0 aliphatic carbocycles. The van der Waals surface area contributed by atoms with Crippen molar-refractivity contribution in [2.75, 3.05) is 5.32 Å². The number of benzene rings is 2. The van der Waals surface area contributed by atoms with Gasteiger partial charge in [-0.05, 0) is 42.2 Å². The molecular formula is C22H19FN4O2. The molecule has 146 valence electrons. The standard InChI is InChI=1S/C22H19FN4O2/c23-17-9-8-15-6-7-16(21(28)25-19(15)11-17)13-24-22(29)20-12-18(26-27-20)10-14-4-2-1-3-5-14/h1-5,8-9,11-13,16H,6-7,10H2,(H,25,28)(H,26,27)/b24-13+. The SMILES string of the molecule is O=C(/N=C/C1CCc2ccc(F)cc2NC1=O)c1cc(Cc2ccccc2)n[nH]1. The van der Waals surface area contributed by atoms with E-state index >= 15 is 0 Å². The summed E-state index contributed by atoms with van der Waals surface area (Å²) < 4.78 is 13.4. The number of nitrogens with zero attached hydrogens (tertiary/aromatic N) is 2. The molecule has 2 N–H and O–H groups in total. The Morgan fingerprint density at radius 3 is 2.86 bits per heavy atom. The van der Waals surface area contributed by atoms with Gasteiger partial charge in [0.2, 0.25) is 5.91 Å². The Kier molecular flexibility index (Phi) is 5.29. The molecule has 0 saturated heterocycles. The Hall–Kier alpha value is -3.61. The van der Waals surface area contributed by atoms with E-state index in [0.717, 1.165) is 16.8 Å². The normalized spacial score (nSPS) is 16.3. The number of H-pyrrole nitrogens is 1. The highest BCUT2D eigenvalue weighted by molar-refractivity contribution is 6.06. The van der Waals surface area contributed by atoms with E-state index in [-0.39, 0.29) is 11.6 Å². The molecule has 1 aliphatic rings. The van der Waals surface area contributed by atoms with E-state index in [1.165, 1.54) is 18.3 Å². The molecule has 1 aromatic heterocycles. The summed E-state index contributed by atoms with van der Waals surface area (Å²) in [6.45, 7) is 0. The number of carbonyl (C=O) groups excluding carboxylic acids is 2. The lowest BCUT2D eigenvalue weighted by molar-refractivity contribution is -0.117. The van der Waals surface area contributed by atoms with Crippen LogP contribution in [0.25, 0.3) is 0 Å². The molecule has 1 unspecified atom stereocenters. The molecule has 0 bridgehead atoms. The number of aromatic nitrogens is 2. The van der Waals surface area contributed by atoms with Crippen molar-refractivity contribution in [1.82, 2.24) is 10.2 Å². The Labute approximate surface area is 166 Å². The average molecular weight is 390 g/mol. The summed E-state index contributed by atoms with van der Waals surface area (Å²) in [5.41, 5.74) is 3.43. The number of carbonyl (C=O) groups is 2. The van der Waals surface area contributed by atoms with Crippen LogP contribution in [0.5, 0.6) is 0 Å². The first-order valence-electron chi connectivity index (χ1n) is 9.34. The average Bonchev–Trinajstić information content (AvgIpc) is 3.12. The summed E-state index contributed by atoms with van der Waals surface area (Å²) in [7, 11) is 0. The van der Waals surface area contributed by atoms with Gasteiger partial charge in [0.05, 0.1) is 11.6 Å². The summed E-state index contributed by atoms with van der Waals surface area (Å²) in [6.07, 6.45) is 3.04. The van der Waals surface area contributed by atoms with Crippen LogP contribution in [0.2, 0.25) is 0 Å². The second-order valence-electron chi connectivity index (χ2n) is 6.95. The van der Waals surface area contributed by atoms with Crippen molar-refractivity contribution >= 4 is 23.7 Å². The predicted molar refractivity (Wildman–Crippen MR) is 107 cm³/mol. The van der Waals surface area contributed by atoms with Gasteiger partial charge in [-0.25, -0.2) is 9.38 Å². The van der Waals surface area contributed by atoms with E-state index in [0.29, 0.717) is 24.9 Å². The first kappa shape index (κ1) is 18.7. The van der Waals surface area contributed by atoms with Gasteiger partial charge in [0.25, 0.3) is 5.91 Å². The second kappa shape index (κ2) is 8.18. The molecule has 0 fully saturated rings. The zero-order valence-corrected chi connectivity index (χ0v) is 15.6. The largest absolute Gasteiger partial charge is 0.325 e. The van der Waals surface area contributed by atoms with Crippen LogP contribution in [-0.4, -0.2) is 28.2 Å². The highest BCUT2D eigenvalue weighted by Crippen LogP contribution is 2.25. The van der Waals surface area contributed by atoms with E-state index < -0.39 is 17.6 Å². The Bertz CT molecular complexity index is 1080. The molecule has 29 heavy (non-hydrogen) atoms. The van der Waals surface area contributed by atoms with E-state index in [1.807, 2.05) is 30.3 Å². The van der Waals surface area contributed by atoms with Gasteiger partial charge < -0.3 is 5.32 Å². The fourth-order valence-electron chi connectivity index (χ4n) is 3.29. The van der Waals surface area contributed by atoms with Crippen LogP contribution in [0.15, 0.2) is 59.6 Å². The molecule has 2 aromatic carbocycles. The quantitative estimate of drug-likeness (QED) is 0.668. The number of aromatic amines is 1. The first-order chi connectivity index (χ1) is 14.1. The lowest BCUT2D eigenvalue weighted by Gasteiger charge is -2.07. The first-order valence-corrected chi connectivity index (χ1v) is 9.34. The summed E-state index contributed by atoms with van der Waals surface area (Å²) in [5, 5.41) is 9.57. The number of halogens is 1. The molecule has 4 rings (SSSR count). The molecule has 6 nitrogen and oxygen atoms in total. The van der Waals surface area contributed by atoms with Crippen LogP contribution in [0.1, 0.15) is 33.7 Å². The lowest BCUT2D eigenvalue weighted by atomic mass is 10.0. The zero-order valence-electron chi connectivity index (χ0n) is 15.6. The van der Waals surface area contributed by atoms with Crippen LogP contribution in [-0.2, 0) is 17.6 Å². The van der Waals surface area contributed by atoms with Crippen molar-refractivity contribution in [3.05, 3.63) is 82.9 Å². The van der Waals surface area contributed by atoms with Crippen molar-refractivity contribution < 1.29 is 14.0 Å². The molecule has 2 amide bonds. The second-order valence-corrected chi connectivity index (χ2v) is 6.95. The highest BCUT2D eigenvalue weighted by atomic mass is 19.1. The van der Waals surface area contributed by atoms with Crippen LogP contribution in [0.3, 0.4) is 0 Å². The van der Waals surface area contributed by atoms with Gasteiger partial charge in [-0.15, -0.1) is 0 Å². The highest BCUT2D eigenvalue weighted by Gasteiger charge is 2.23. The zero-order chi connectivity index (χ0) is 20.2. The molecule has 0 radical (unpaired) electrons. The van der Waals surface area contributed by atoms with E-state index in [4.69, 9.17) is 0 Å². The molecule has 3 aromatic rings. The molecular weight excluding hydrogens is 371 g/mol. The summed E-state index contributed by atoms with van der Waals surface area (Å²) in [5.74, 6) is -1.77. The third-order valence-electron chi connectivity index (χ3n) is 4.85. The number of amides is 2. The van der Waals surface area contributed by atoms with E-state index in [9.17, 15) is 14.0 Å². The maximum absolute atomic E-state index is 13.4. The fraction of sp³-hybridized carbons (Fsp3) is 0.182. The minimum atomic E-state index is -0.568. The number of hydrogen-bond donors (Lipinski definition) is 2.